The first-order chi connectivity index (χ1) is 11.6. The van der Waals surface area contributed by atoms with Crippen molar-refractivity contribution in [1.29, 1.82) is 0 Å². The molecule has 0 fully saturated rings. The third-order valence-corrected chi connectivity index (χ3v) is 3.40. The smallest absolute Gasteiger partial charge is 0.229 e. The summed E-state index contributed by atoms with van der Waals surface area (Å²) in [5, 5.41) is 6.48. The predicted molar refractivity (Wildman–Crippen MR) is 96.5 cm³/mol. The van der Waals surface area contributed by atoms with Crippen LogP contribution in [-0.2, 0) is 0 Å². The molecule has 0 aliphatic rings. The lowest BCUT2D eigenvalue weighted by Gasteiger charge is -2.13. The monoisotopic (exact) mass is 331 g/mol. The molecule has 0 aliphatic heterocycles. The average molecular weight is 331 g/mol. The quantitative estimate of drug-likeness (QED) is 0.684. The number of benzene rings is 1. The van der Waals surface area contributed by atoms with Crippen LogP contribution in [0.15, 0.2) is 30.5 Å². The van der Waals surface area contributed by atoms with Gasteiger partial charge in [0.2, 0.25) is 5.95 Å². The second-order valence-electron chi connectivity index (χ2n) is 5.54. The van der Waals surface area contributed by atoms with Crippen LogP contribution in [0.5, 0.6) is 11.5 Å². The van der Waals surface area contributed by atoms with Crippen molar-refractivity contribution in [3.8, 4) is 11.5 Å². The molecule has 130 valence electrons. The summed E-state index contributed by atoms with van der Waals surface area (Å²) in [4.78, 5) is 10.9. The molecule has 1 heterocycles. The molecule has 0 saturated carbocycles. The van der Waals surface area contributed by atoms with Crippen molar-refractivity contribution in [1.82, 2.24) is 14.9 Å². The second kappa shape index (κ2) is 8.93. The van der Waals surface area contributed by atoms with Crippen LogP contribution in [0.1, 0.15) is 6.42 Å². The van der Waals surface area contributed by atoms with Gasteiger partial charge in [0.05, 0.1) is 19.9 Å². The molecule has 0 spiro atoms. The summed E-state index contributed by atoms with van der Waals surface area (Å²) >= 11 is 0. The first-order valence-corrected chi connectivity index (χ1v) is 7.83. The van der Waals surface area contributed by atoms with Crippen molar-refractivity contribution in [2.24, 2.45) is 0 Å². The number of aromatic nitrogens is 2. The number of nitrogens with zero attached hydrogens (tertiary/aromatic N) is 3. The molecule has 7 nitrogen and oxygen atoms in total. The van der Waals surface area contributed by atoms with Crippen LogP contribution in [0.3, 0.4) is 0 Å². The van der Waals surface area contributed by atoms with Gasteiger partial charge < -0.3 is 25.0 Å². The molecule has 0 saturated heterocycles. The molecular weight excluding hydrogens is 306 g/mol. The number of anilines is 3. The number of ether oxygens (including phenoxy) is 2. The van der Waals surface area contributed by atoms with Crippen molar-refractivity contribution in [3.63, 3.8) is 0 Å². The van der Waals surface area contributed by atoms with E-state index in [1.54, 1.807) is 20.4 Å². The summed E-state index contributed by atoms with van der Waals surface area (Å²) in [5.41, 5.74) is 0.781. The fraction of sp³-hybridized carbons (Fsp3) is 0.412. The third-order valence-electron chi connectivity index (χ3n) is 3.40. The molecule has 1 aromatic carbocycles. The Bertz CT molecular complexity index is 649. The van der Waals surface area contributed by atoms with Crippen molar-refractivity contribution in [2.75, 3.05) is 52.0 Å². The van der Waals surface area contributed by atoms with Gasteiger partial charge >= 0.3 is 0 Å². The molecule has 2 N–H and O–H groups in total. The molecule has 0 amide bonds. The van der Waals surface area contributed by atoms with Crippen molar-refractivity contribution < 1.29 is 9.47 Å². The first-order valence-electron chi connectivity index (χ1n) is 7.83. The molecule has 7 heteroatoms. The minimum absolute atomic E-state index is 0.510. The molecule has 0 bridgehead atoms. The zero-order valence-electron chi connectivity index (χ0n) is 14.7. The SMILES string of the molecule is COc1ccc(Nc2nccc(NCCCN(C)C)n2)c(OC)c1. The predicted octanol–water partition coefficient (Wildman–Crippen LogP) is 2.60. The molecular formula is C17H25N5O2. The maximum Gasteiger partial charge on any atom is 0.229 e. The zero-order valence-corrected chi connectivity index (χ0v) is 14.7. The van der Waals surface area contributed by atoms with Crippen LogP contribution in [0, 0.1) is 0 Å². The standard InChI is InChI=1S/C17H25N5O2/c1-22(2)11-5-9-18-16-8-10-19-17(21-16)20-14-7-6-13(23-3)12-15(14)24-4/h6-8,10,12H,5,9,11H2,1-4H3,(H2,18,19,20,21). The fourth-order valence-electron chi connectivity index (χ4n) is 2.15. The zero-order chi connectivity index (χ0) is 17.4. The van der Waals surface area contributed by atoms with Gasteiger partial charge in [-0.2, -0.15) is 4.98 Å². The van der Waals surface area contributed by atoms with Crippen LogP contribution >= 0.6 is 0 Å². The van der Waals surface area contributed by atoms with Crippen molar-refractivity contribution in [2.45, 2.75) is 6.42 Å². The van der Waals surface area contributed by atoms with E-state index in [4.69, 9.17) is 9.47 Å². The Morgan fingerprint density at radius 1 is 1.12 bits per heavy atom. The van der Waals surface area contributed by atoms with E-state index in [1.807, 2.05) is 24.3 Å². The Kier molecular flexibility index (Phi) is 6.62. The molecule has 2 aromatic rings. The normalized spacial score (nSPS) is 10.5. The first kappa shape index (κ1) is 17.8. The number of methoxy groups -OCH3 is 2. The van der Waals surface area contributed by atoms with E-state index >= 15 is 0 Å². The molecule has 0 aliphatic carbocycles. The van der Waals surface area contributed by atoms with Crippen LogP contribution in [0.2, 0.25) is 0 Å². The van der Waals surface area contributed by atoms with Crippen LogP contribution in [0.25, 0.3) is 0 Å². The van der Waals surface area contributed by atoms with E-state index < -0.39 is 0 Å². The highest BCUT2D eigenvalue weighted by Crippen LogP contribution is 2.30. The van der Waals surface area contributed by atoms with Gasteiger partial charge in [-0.3, -0.25) is 0 Å². The maximum atomic E-state index is 5.37. The van der Waals surface area contributed by atoms with Gasteiger partial charge in [-0.15, -0.1) is 0 Å². The highest BCUT2D eigenvalue weighted by molar-refractivity contribution is 5.64. The van der Waals surface area contributed by atoms with E-state index in [0.29, 0.717) is 11.7 Å². The molecule has 2 rings (SSSR count). The minimum atomic E-state index is 0.510. The Morgan fingerprint density at radius 3 is 2.67 bits per heavy atom. The number of hydrogen-bond acceptors (Lipinski definition) is 7. The Balaban J connectivity index is 2.01. The molecule has 0 atom stereocenters. The van der Waals surface area contributed by atoms with Crippen LogP contribution in [0.4, 0.5) is 17.5 Å². The fourth-order valence-corrected chi connectivity index (χ4v) is 2.15. The highest BCUT2D eigenvalue weighted by atomic mass is 16.5. The summed E-state index contributed by atoms with van der Waals surface area (Å²) in [7, 11) is 7.36. The van der Waals surface area contributed by atoms with Gasteiger partial charge in [0.25, 0.3) is 0 Å². The molecule has 0 unspecified atom stereocenters. The number of rotatable bonds is 9. The Hall–Kier alpha value is -2.54. The summed E-state index contributed by atoms with van der Waals surface area (Å²) in [5.74, 6) is 2.70. The number of nitrogens with one attached hydrogen (secondary N) is 2. The van der Waals surface area contributed by atoms with E-state index in [9.17, 15) is 0 Å². The van der Waals surface area contributed by atoms with Gasteiger partial charge in [0.1, 0.15) is 17.3 Å². The maximum absolute atomic E-state index is 5.37. The number of hydrogen-bond donors (Lipinski definition) is 2. The van der Waals surface area contributed by atoms with Gasteiger partial charge in [-0.1, -0.05) is 0 Å². The highest BCUT2D eigenvalue weighted by Gasteiger charge is 2.07. The van der Waals surface area contributed by atoms with Crippen molar-refractivity contribution in [3.05, 3.63) is 30.5 Å². The van der Waals surface area contributed by atoms with Gasteiger partial charge in [-0.05, 0) is 45.3 Å². The lowest BCUT2D eigenvalue weighted by atomic mass is 10.2. The lowest BCUT2D eigenvalue weighted by molar-refractivity contribution is 0.395. The van der Waals surface area contributed by atoms with E-state index in [0.717, 1.165) is 36.8 Å². The Morgan fingerprint density at radius 2 is 1.96 bits per heavy atom. The summed E-state index contributed by atoms with van der Waals surface area (Å²) < 4.78 is 10.6. The largest absolute Gasteiger partial charge is 0.497 e. The van der Waals surface area contributed by atoms with Gasteiger partial charge in [0, 0.05) is 18.8 Å². The summed E-state index contributed by atoms with van der Waals surface area (Å²) in [6.45, 7) is 1.90. The van der Waals surface area contributed by atoms with Gasteiger partial charge in [0.15, 0.2) is 0 Å². The van der Waals surface area contributed by atoms with Gasteiger partial charge in [-0.25, -0.2) is 4.98 Å². The molecule has 0 radical (unpaired) electrons. The second-order valence-corrected chi connectivity index (χ2v) is 5.54. The topological polar surface area (TPSA) is 71.5 Å². The minimum Gasteiger partial charge on any atom is -0.497 e. The van der Waals surface area contributed by atoms with E-state index in [1.165, 1.54) is 0 Å². The molecule has 1 aromatic heterocycles. The molecule has 24 heavy (non-hydrogen) atoms. The summed E-state index contributed by atoms with van der Waals surface area (Å²) in [6.07, 6.45) is 2.77. The third kappa shape index (κ3) is 5.27. The summed E-state index contributed by atoms with van der Waals surface area (Å²) in [6, 6.07) is 7.39. The van der Waals surface area contributed by atoms with Crippen LogP contribution in [-0.4, -0.2) is 56.3 Å². The van der Waals surface area contributed by atoms with Crippen molar-refractivity contribution >= 4 is 17.5 Å². The van der Waals surface area contributed by atoms with Crippen LogP contribution < -0.4 is 20.1 Å². The Labute approximate surface area is 143 Å². The lowest BCUT2D eigenvalue weighted by Crippen LogP contribution is -2.16. The average Bonchev–Trinajstić information content (AvgIpc) is 2.59. The van der Waals surface area contributed by atoms with E-state index in [2.05, 4.69) is 39.6 Å². The van der Waals surface area contributed by atoms with E-state index in [-0.39, 0.29) is 0 Å².